The van der Waals surface area contributed by atoms with Crippen LogP contribution in [-0.4, -0.2) is 19.3 Å². The molecule has 1 spiro atoms. The summed E-state index contributed by atoms with van der Waals surface area (Å²) in [6.45, 7) is 6.13. The fourth-order valence-electron chi connectivity index (χ4n) is 7.11. The molecule has 0 bridgehead atoms. The van der Waals surface area contributed by atoms with Crippen molar-refractivity contribution in [1.82, 2.24) is 0 Å². The van der Waals surface area contributed by atoms with Gasteiger partial charge in [-0.05, 0) is 73.3 Å². The molecule has 0 aromatic rings. The first-order valence-electron chi connectivity index (χ1n) is 9.62. The van der Waals surface area contributed by atoms with Crippen molar-refractivity contribution in [3.63, 3.8) is 0 Å². The van der Waals surface area contributed by atoms with Crippen LogP contribution in [0.5, 0.6) is 0 Å². The van der Waals surface area contributed by atoms with Crippen molar-refractivity contribution in [2.45, 2.75) is 64.4 Å². The Balaban J connectivity index is 1.51. The second-order valence-electron chi connectivity index (χ2n) is 9.28. The summed E-state index contributed by atoms with van der Waals surface area (Å²) in [5, 5.41) is 0. The lowest BCUT2D eigenvalue weighted by Crippen LogP contribution is -2.50. The summed E-state index contributed by atoms with van der Waals surface area (Å²) >= 11 is 0. The number of methoxy groups -OCH3 is 1. The van der Waals surface area contributed by atoms with E-state index in [9.17, 15) is 0 Å². The fourth-order valence-corrected chi connectivity index (χ4v) is 7.11. The van der Waals surface area contributed by atoms with Crippen LogP contribution in [-0.2, 0) is 9.47 Å². The highest BCUT2D eigenvalue weighted by Gasteiger charge is 2.69. The van der Waals surface area contributed by atoms with Gasteiger partial charge in [0, 0.05) is 11.8 Å². The molecule has 1 aliphatic heterocycles. The number of rotatable bonds is 1. The molecule has 0 aromatic carbocycles. The molecular weight excluding hydrogens is 284 g/mol. The van der Waals surface area contributed by atoms with Crippen LogP contribution in [0.25, 0.3) is 0 Å². The third-order valence-corrected chi connectivity index (χ3v) is 8.78. The summed E-state index contributed by atoms with van der Waals surface area (Å²) in [7, 11) is 1.82. The summed E-state index contributed by atoms with van der Waals surface area (Å²) in [6, 6.07) is 0. The van der Waals surface area contributed by atoms with E-state index in [1.54, 1.807) is 5.57 Å². The van der Waals surface area contributed by atoms with Gasteiger partial charge in [-0.1, -0.05) is 19.9 Å². The van der Waals surface area contributed by atoms with Gasteiger partial charge >= 0.3 is 0 Å². The molecular formula is C21H30O2. The molecule has 23 heavy (non-hydrogen) atoms. The highest BCUT2D eigenvalue weighted by molar-refractivity contribution is 5.36. The summed E-state index contributed by atoms with van der Waals surface area (Å²) in [6.07, 6.45) is 14.1. The van der Waals surface area contributed by atoms with Crippen molar-refractivity contribution in [1.29, 1.82) is 0 Å². The largest absolute Gasteiger partial charge is 0.501 e. The molecule has 1 saturated heterocycles. The van der Waals surface area contributed by atoms with Gasteiger partial charge in [-0.25, -0.2) is 0 Å². The standard InChI is InChI=1S/C21H30O2/c1-19-9-6-15(22-3)12-14(19)4-5-16-17(19)7-10-20(2)18(16)8-11-21(20)13-23-21/h4,12,16-18H,5-11,13H2,1-3H3/t16-,17+,18-,19-,20-,21-/m1/s1. The topological polar surface area (TPSA) is 21.8 Å². The number of allylic oxidation sites excluding steroid dienone is 4. The van der Waals surface area contributed by atoms with Crippen LogP contribution >= 0.6 is 0 Å². The minimum atomic E-state index is 0.281. The molecule has 0 N–H and O–H groups in total. The maximum Gasteiger partial charge on any atom is 0.0972 e. The molecule has 126 valence electrons. The fraction of sp³-hybridized carbons (Fsp3) is 0.810. The Morgan fingerprint density at radius 1 is 1.13 bits per heavy atom. The van der Waals surface area contributed by atoms with Crippen molar-refractivity contribution in [2.24, 2.45) is 28.6 Å². The molecule has 0 amide bonds. The number of ether oxygens (including phenoxy) is 2. The van der Waals surface area contributed by atoms with Crippen LogP contribution in [0.15, 0.2) is 23.5 Å². The zero-order valence-corrected chi connectivity index (χ0v) is 14.9. The lowest BCUT2D eigenvalue weighted by molar-refractivity contribution is -0.0446. The molecule has 1 heterocycles. The Kier molecular flexibility index (Phi) is 2.82. The van der Waals surface area contributed by atoms with E-state index < -0.39 is 0 Å². The Morgan fingerprint density at radius 3 is 2.65 bits per heavy atom. The van der Waals surface area contributed by atoms with Gasteiger partial charge in [0.1, 0.15) is 0 Å². The maximum atomic E-state index is 6.03. The summed E-state index contributed by atoms with van der Waals surface area (Å²) in [5.74, 6) is 3.80. The summed E-state index contributed by atoms with van der Waals surface area (Å²) in [5.41, 5.74) is 2.69. The quantitative estimate of drug-likeness (QED) is 0.645. The van der Waals surface area contributed by atoms with Crippen molar-refractivity contribution < 1.29 is 9.47 Å². The van der Waals surface area contributed by atoms with E-state index in [-0.39, 0.29) is 5.60 Å². The maximum absolute atomic E-state index is 6.03. The number of hydrogen-bond acceptors (Lipinski definition) is 2. The van der Waals surface area contributed by atoms with Crippen molar-refractivity contribution in [3.05, 3.63) is 23.5 Å². The zero-order chi connectivity index (χ0) is 15.9. The second-order valence-corrected chi connectivity index (χ2v) is 9.28. The molecule has 0 radical (unpaired) electrons. The SMILES string of the molecule is COC1=CC2=CC[C@H]3[C@H]4CC[C@@]5(CO5)[C@]4(C)CC[C@@H]3[C@]2(C)CC1. The first-order valence-corrected chi connectivity index (χ1v) is 9.62. The van der Waals surface area contributed by atoms with Gasteiger partial charge in [0.25, 0.3) is 0 Å². The molecule has 0 unspecified atom stereocenters. The third-order valence-electron chi connectivity index (χ3n) is 8.78. The van der Waals surface area contributed by atoms with Crippen LogP contribution in [0.3, 0.4) is 0 Å². The highest BCUT2D eigenvalue weighted by Crippen LogP contribution is 2.70. The Morgan fingerprint density at radius 2 is 1.91 bits per heavy atom. The van der Waals surface area contributed by atoms with E-state index >= 15 is 0 Å². The normalized spacial score (nSPS) is 53.8. The number of epoxide rings is 1. The molecule has 2 nitrogen and oxygen atoms in total. The van der Waals surface area contributed by atoms with Gasteiger partial charge in [-0.15, -0.1) is 0 Å². The lowest BCUT2D eigenvalue weighted by Gasteiger charge is -2.56. The molecule has 6 atom stereocenters. The van der Waals surface area contributed by atoms with Gasteiger partial charge in [-0.2, -0.15) is 0 Å². The van der Waals surface area contributed by atoms with Crippen molar-refractivity contribution in [2.75, 3.05) is 13.7 Å². The van der Waals surface area contributed by atoms with Crippen LogP contribution in [0, 0.1) is 28.6 Å². The minimum Gasteiger partial charge on any atom is -0.501 e. The van der Waals surface area contributed by atoms with E-state index in [4.69, 9.17) is 9.47 Å². The molecule has 0 aromatic heterocycles. The van der Waals surface area contributed by atoms with Crippen molar-refractivity contribution in [3.8, 4) is 0 Å². The first-order chi connectivity index (χ1) is 11.0. The van der Waals surface area contributed by atoms with Crippen molar-refractivity contribution >= 4 is 0 Å². The van der Waals surface area contributed by atoms with E-state index in [1.807, 2.05) is 7.11 Å². The number of hydrogen-bond donors (Lipinski definition) is 0. The van der Waals surface area contributed by atoms with Gasteiger partial charge in [0.15, 0.2) is 0 Å². The van der Waals surface area contributed by atoms with Crippen LogP contribution < -0.4 is 0 Å². The van der Waals surface area contributed by atoms with Gasteiger partial charge in [-0.3, -0.25) is 0 Å². The second kappa shape index (κ2) is 4.45. The molecule has 5 aliphatic rings. The van der Waals surface area contributed by atoms with E-state index in [2.05, 4.69) is 26.0 Å². The Labute approximate surface area is 140 Å². The Hall–Kier alpha value is -0.760. The minimum absolute atomic E-state index is 0.281. The average Bonchev–Trinajstić information content (AvgIpc) is 3.28. The third kappa shape index (κ3) is 1.69. The predicted molar refractivity (Wildman–Crippen MR) is 90.9 cm³/mol. The lowest BCUT2D eigenvalue weighted by atomic mass is 9.48. The average molecular weight is 314 g/mol. The molecule has 5 rings (SSSR count). The van der Waals surface area contributed by atoms with Crippen LogP contribution in [0.2, 0.25) is 0 Å². The predicted octanol–water partition coefficient (Wildman–Crippen LogP) is 4.86. The zero-order valence-electron chi connectivity index (χ0n) is 14.9. The molecule has 2 heteroatoms. The summed E-state index contributed by atoms with van der Waals surface area (Å²) < 4.78 is 11.6. The van der Waals surface area contributed by atoms with Gasteiger partial charge in [0.2, 0.25) is 0 Å². The smallest absolute Gasteiger partial charge is 0.0972 e. The first kappa shape index (κ1) is 14.6. The molecule has 4 aliphatic carbocycles. The monoisotopic (exact) mass is 314 g/mol. The van der Waals surface area contributed by atoms with E-state index in [1.165, 1.54) is 44.3 Å². The van der Waals surface area contributed by atoms with Crippen LogP contribution in [0.1, 0.15) is 58.8 Å². The van der Waals surface area contributed by atoms with E-state index in [0.717, 1.165) is 30.8 Å². The summed E-state index contributed by atoms with van der Waals surface area (Å²) in [4.78, 5) is 0. The number of fused-ring (bicyclic) bond motifs is 6. The van der Waals surface area contributed by atoms with Gasteiger partial charge < -0.3 is 9.47 Å². The highest BCUT2D eigenvalue weighted by atomic mass is 16.6. The molecule has 3 fully saturated rings. The molecule has 2 saturated carbocycles. The Bertz CT molecular complexity index is 599. The van der Waals surface area contributed by atoms with Gasteiger partial charge in [0.05, 0.1) is 25.1 Å². The van der Waals surface area contributed by atoms with E-state index in [0.29, 0.717) is 10.8 Å². The van der Waals surface area contributed by atoms with Crippen LogP contribution in [0.4, 0.5) is 0 Å².